The Morgan fingerprint density at radius 1 is 1.21 bits per heavy atom. The van der Waals surface area contributed by atoms with E-state index in [4.69, 9.17) is 16.3 Å². The van der Waals surface area contributed by atoms with E-state index in [9.17, 15) is 4.79 Å². The zero-order chi connectivity index (χ0) is 19.8. The lowest BCUT2D eigenvalue weighted by molar-refractivity contribution is -0.116. The smallest absolute Gasteiger partial charge is 0.226 e. The molecule has 8 heteroatoms. The molecule has 0 radical (unpaired) electrons. The minimum atomic E-state index is -0.0881. The Hall–Kier alpha value is -2.09. The lowest BCUT2D eigenvalue weighted by Crippen LogP contribution is -2.12. The van der Waals surface area contributed by atoms with E-state index in [2.05, 4.69) is 27.6 Å². The molecule has 28 heavy (non-hydrogen) atoms. The average Bonchev–Trinajstić information content (AvgIpc) is 3.13. The van der Waals surface area contributed by atoms with Crippen molar-refractivity contribution >= 4 is 45.7 Å². The number of anilines is 1. The number of ether oxygens (including phenoxy) is 1. The molecule has 5 nitrogen and oxygen atoms in total. The van der Waals surface area contributed by atoms with E-state index in [1.807, 2.05) is 37.3 Å². The number of amides is 1. The van der Waals surface area contributed by atoms with E-state index in [0.29, 0.717) is 29.6 Å². The fourth-order valence-electron chi connectivity index (χ4n) is 2.40. The van der Waals surface area contributed by atoms with Gasteiger partial charge in [-0.1, -0.05) is 41.1 Å². The second-order valence-electron chi connectivity index (χ2n) is 6.01. The lowest BCUT2D eigenvalue weighted by Gasteiger charge is -2.09. The Morgan fingerprint density at radius 2 is 2.04 bits per heavy atom. The predicted molar refractivity (Wildman–Crippen MR) is 115 cm³/mol. The number of nitrogens with zero attached hydrogens (tertiary/aromatic N) is 2. The minimum Gasteiger partial charge on any atom is -0.493 e. The predicted octanol–water partition coefficient (Wildman–Crippen LogP) is 5.59. The number of aromatic nitrogens is 2. The van der Waals surface area contributed by atoms with Crippen LogP contribution in [0.3, 0.4) is 0 Å². The number of hydrogen-bond acceptors (Lipinski definition) is 6. The van der Waals surface area contributed by atoms with Gasteiger partial charge < -0.3 is 10.1 Å². The topological polar surface area (TPSA) is 64.1 Å². The maximum Gasteiger partial charge on any atom is 0.226 e. The van der Waals surface area contributed by atoms with Crippen molar-refractivity contribution < 1.29 is 9.53 Å². The number of aryl methyl sites for hydroxylation is 1. The molecule has 0 bridgehead atoms. The summed E-state index contributed by atoms with van der Waals surface area (Å²) in [4.78, 5) is 13.3. The summed E-state index contributed by atoms with van der Waals surface area (Å²) in [7, 11) is 0. The fraction of sp³-hybridized carbons (Fsp3) is 0.250. The normalized spacial score (nSPS) is 10.6. The summed E-state index contributed by atoms with van der Waals surface area (Å²) in [5.41, 5.74) is 0.978. The minimum absolute atomic E-state index is 0.0881. The fourth-order valence-corrected chi connectivity index (χ4v) is 4.28. The SMILES string of the molecule is Cc1cc(Cl)ccc1OCCCC(=O)Nc1nnc(CSc2ccccc2)s1. The molecule has 0 aliphatic rings. The van der Waals surface area contributed by atoms with Crippen molar-refractivity contribution in [2.75, 3.05) is 11.9 Å². The van der Waals surface area contributed by atoms with Crippen molar-refractivity contribution in [2.45, 2.75) is 30.4 Å². The molecule has 0 unspecified atom stereocenters. The first-order valence-electron chi connectivity index (χ1n) is 8.79. The van der Waals surface area contributed by atoms with Crippen molar-refractivity contribution in [1.82, 2.24) is 10.2 Å². The summed E-state index contributed by atoms with van der Waals surface area (Å²) >= 11 is 9.02. The second-order valence-corrected chi connectivity index (χ2v) is 8.56. The quantitative estimate of drug-likeness (QED) is 0.352. The van der Waals surface area contributed by atoms with Gasteiger partial charge in [0.25, 0.3) is 0 Å². The first kappa shape index (κ1) is 20.6. The van der Waals surface area contributed by atoms with Gasteiger partial charge >= 0.3 is 0 Å². The number of halogens is 1. The molecule has 0 aliphatic carbocycles. The van der Waals surface area contributed by atoms with E-state index in [1.165, 1.54) is 16.2 Å². The van der Waals surface area contributed by atoms with Gasteiger partial charge in [-0.25, -0.2) is 0 Å². The third-order valence-corrected chi connectivity index (χ3v) is 6.04. The first-order chi connectivity index (χ1) is 13.6. The summed E-state index contributed by atoms with van der Waals surface area (Å²) in [6.45, 7) is 2.40. The van der Waals surface area contributed by atoms with Crippen LogP contribution in [-0.4, -0.2) is 22.7 Å². The number of benzene rings is 2. The third-order valence-electron chi connectivity index (χ3n) is 3.76. The molecule has 1 heterocycles. The van der Waals surface area contributed by atoms with E-state index < -0.39 is 0 Å². The molecule has 0 fully saturated rings. The molecule has 2 aromatic carbocycles. The zero-order valence-electron chi connectivity index (χ0n) is 15.4. The highest BCUT2D eigenvalue weighted by Crippen LogP contribution is 2.26. The molecule has 0 saturated carbocycles. The molecule has 3 aromatic rings. The molecule has 0 atom stereocenters. The van der Waals surface area contributed by atoms with E-state index in [-0.39, 0.29) is 5.91 Å². The van der Waals surface area contributed by atoms with Gasteiger partial charge in [0.1, 0.15) is 10.8 Å². The Labute approximate surface area is 177 Å². The Morgan fingerprint density at radius 3 is 2.82 bits per heavy atom. The maximum absolute atomic E-state index is 12.1. The van der Waals surface area contributed by atoms with Crippen molar-refractivity contribution in [2.24, 2.45) is 0 Å². The maximum atomic E-state index is 12.1. The van der Waals surface area contributed by atoms with Crippen molar-refractivity contribution in [1.29, 1.82) is 0 Å². The molecule has 1 N–H and O–H groups in total. The Kier molecular flexibility index (Phi) is 7.71. The van der Waals surface area contributed by atoms with Crippen molar-refractivity contribution in [3.63, 3.8) is 0 Å². The van der Waals surface area contributed by atoms with Gasteiger partial charge in [-0.15, -0.1) is 22.0 Å². The number of carbonyl (C=O) groups excluding carboxylic acids is 1. The largest absolute Gasteiger partial charge is 0.493 e. The van der Waals surface area contributed by atoms with E-state index in [1.54, 1.807) is 17.8 Å². The van der Waals surface area contributed by atoms with Crippen LogP contribution in [0.1, 0.15) is 23.4 Å². The van der Waals surface area contributed by atoms with Gasteiger partial charge in [-0.3, -0.25) is 4.79 Å². The molecule has 3 rings (SSSR count). The molecular formula is C20H20ClN3O2S2. The van der Waals surface area contributed by atoms with Gasteiger partial charge in [-0.2, -0.15) is 0 Å². The summed E-state index contributed by atoms with van der Waals surface area (Å²) in [5.74, 6) is 1.43. The highest BCUT2D eigenvalue weighted by atomic mass is 35.5. The van der Waals surface area contributed by atoms with Crippen LogP contribution in [0, 0.1) is 6.92 Å². The van der Waals surface area contributed by atoms with Crippen LogP contribution < -0.4 is 10.1 Å². The van der Waals surface area contributed by atoms with Crippen LogP contribution >= 0.6 is 34.7 Å². The van der Waals surface area contributed by atoms with Crippen LogP contribution in [-0.2, 0) is 10.5 Å². The van der Waals surface area contributed by atoms with Crippen molar-refractivity contribution in [3.05, 3.63) is 64.1 Å². The Balaban J connectivity index is 1.37. The van der Waals surface area contributed by atoms with Crippen LogP contribution in [0.4, 0.5) is 5.13 Å². The molecule has 1 aromatic heterocycles. The van der Waals surface area contributed by atoms with Gasteiger partial charge in [0.15, 0.2) is 0 Å². The highest BCUT2D eigenvalue weighted by molar-refractivity contribution is 7.98. The first-order valence-corrected chi connectivity index (χ1v) is 11.0. The number of nitrogens with one attached hydrogen (secondary N) is 1. The zero-order valence-corrected chi connectivity index (χ0v) is 17.7. The van der Waals surface area contributed by atoms with E-state index >= 15 is 0 Å². The summed E-state index contributed by atoms with van der Waals surface area (Å²) in [6.07, 6.45) is 0.976. The van der Waals surface area contributed by atoms with Gasteiger partial charge in [0, 0.05) is 16.3 Å². The molecule has 0 saturated heterocycles. The van der Waals surface area contributed by atoms with Crippen LogP contribution in [0.2, 0.25) is 5.02 Å². The summed E-state index contributed by atoms with van der Waals surface area (Å²) in [5, 5.41) is 13.1. The number of carbonyl (C=O) groups is 1. The second kappa shape index (κ2) is 10.5. The summed E-state index contributed by atoms with van der Waals surface area (Å²) in [6, 6.07) is 15.6. The monoisotopic (exact) mass is 433 g/mol. The lowest BCUT2D eigenvalue weighted by atomic mass is 10.2. The number of hydrogen-bond donors (Lipinski definition) is 1. The van der Waals surface area contributed by atoms with E-state index in [0.717, 1.165) is 22.1 Å². The third kappa shape index (κ3) is 6.51. The van der Waals surface area contributed by atoms with Crippen LogP contribution in [0.15, 0.2) is 53.4 Å². The van der Waals surface area contributed by atoms with Gasteiger partial charge in [0.05, 0.1) is 12.4 Å². The summed E-state index contributed by atoms with van der Waals surface area (Å²) < 4.78 is 5.70. The standard InChI is InChI=1S/C20H20ClN3O2S2/c1-14-12-15(21)9-10-17(14)26-11-5-8-18(25)22-20-24-23-19(28-20)13-27-16-6-3-2-4-7-16/h2-4,6-7,9-10,12H,5,8,11,13H2,1H3,(H,22,24,25). The average molecular weight is 434 g/mol. The van der Waals surface area contributed by atoms with Gasteiger partial charge in [-0.05, 0) is 49.2 Å². The highest BCUT2D eigenvalue weighted by Gasteiger charge is 2.09. The molecule has 0 spiro atoms. The molecular weight excluding hydrogens is 414 g/mol. The molecule has 146 valence electrons. The van der Waals surface area contributed by atoms with Crippen LogP contribution in [0.25, 0.3) is 0 Å². The van der Waals surface area contributed by atoms with Gasteiger partial charge in [0.2, 0.25) is 11.0 Å². The van der Waals surface area contributed by atoms with Crippen molar-refractivity contribution in [3.8, 4) is 5.75 Å². The number of rotatable bonds is 9. The van der Waals surface area contributed by atoms with Crippen LogP contribution in [0.5, 0.6) is 5.75 Å². The number of thioether (sulfide) groups is 1. The molecule has 0 aliphatic heterocycles. The Bertz CT molecular complexity index is 919. The molecule has 1 amide bonds.